The van der Waals surface area contributed by atoms with Crippen molar-refractivity contribution in [2.75, 3.05) is 32.8 Å². The monoisotopic (exact) mass is 475 g/mol. The molecule has 0 bridgehead atoms. The molecule has 1 aliphatic rings. The number of benzene rings is 2. The van der Waals surface area contributed by atoms with Crippen LogP contribution in [0.1, 0.15) is 11.1 Å². The molecule has 1 amide bonds. The molecule has 30 heavy (non-hydrogen) atoms. The average Bonchev–Trinajstić information content (AvgIpc) is 2.69. The Morgan fingerprint density at radius 1 is 1.23 bits per heavy atom. The number of hydrogen-bond acceptors (Lipinski definition) is 5. The molecule has 0 aliphatic carbocycles. The van der Waals surface area contributed by atoms with Gasteiger partial charge in [-0.3, -0.25) is 9.69 Å². The van der Waals surface area contributed by atoms with E-state index in [0.717, 1.165) is 13.1 Å². The Morgan fingerprint density at radius 2 is 1.90 bits per heavy atom. The van der Waals surface area contributed by atoms with Crippen LogP contribution < -0.4 is 10.2 Å². The van der Waals surface area contributed by atoms with Crippen molar-refractivity contribution >= 4 is 47.7 Å². The Kier molecular flexibility index (Phi) is 9.81. The van der Waals surface area contributed by atoms with Gasteiger partial charge in [0.2, 0.25) is 0 Å². The third kappa shape index (κ3) is 7.11. The smallest absolute Gasteiger partial charge is 0.254 e. The number of morpholine rings is 1. The van der Waals surface area contributed by atoms with Crippen molar-refractivity contribution in [3.05, 3.63) is 63.4 Å². The predicted octanol–water partition coefficient (Wildman–Crippen LogP) is 3.92. The molecule has 2 aromatic rings. The van der Waals surface area contributed by atoms with E-state index in [2.05, 4.69) is 10.5 Å². The van der Waals surface area contributed by atoms with Crippen molar-refractivity contribution < 1.29 is 18.7 Å². The number of carbonyl (C=O) groups is 1. The number of ether oxygens (including phenoxy) is 2. The first kappa shape index (κ1) is 24.4. The summed E-state index contributed by atoms with van der Waals surface area (Å²) in [4.78, 5) is 13.9. The highest BCUT2D eigenvalue weighted by atomic mass is 35.5. The summed E-state index contributed by atoms with van der Waals surface area (Å²) in [5, 5.41) is 4.45. The Balaban J connectivity index is 0.00000320. The molecule has 1 fully saturated rings. The lowest BCUT2D eigenvalue weighted by molar-refractivity contribution is -0.123. The molecule has 1 N–H and O–H groups in total. The van der Waals surface area contributed by atoms with E-state index in [1.807, 2.05) is 4.90 Å². The van der Waals surface area contributed by atoms with Crippen LogP contribution in [-0.4, -0.2) is 49.9 Å². The number of hydrazone groups is 1. The molecule has 1 heterocycles. The van der Waals surface area contributed by atoms with Gasteiger partial charge in [-0.15, -0.1) is 12.4 Å². The van der Waals surface area contributed by atoms with Gasteiger partial charge in [-0.05, 0) is 23.8 Å². The molecule has 3 rings (SSSR count). The van der Waals surface area contributed by atoms with Crippen LogP contribution in [0.25, 0.3) is 0 Å². The maximum atomic E-state index is 13.7. The average molecular weight is 477 g/mol. The number of halogens is 4. The van der Waals surface area contributed by atoms with Crippen LogP contribution in [0.15, 0.2) is 41.5 Å². The Hall–Kier alpha value is -1.90. The van der Waals surface area contributed by atoms with Gasteiger partial charge in [0.05, 0.1) is 36.0 Å². The van der Waals surface area contributed by atoms with E-state index >= 15 is 0 Å². The number of rotatable bonds is 7. The van der Waals surface area contributed by atoms with Gasteiger partial charge in [-0.2, -0.15) is 5.10 Å². The van der Waals surface area contributed by atoms with Gasteiger partial charge in [0.25, 0.3) is 5.91 Å². The Morgan fingerprint density at radius 3 is 2.57 bits per heavy atom. The molecular weight excluding hydrogens is 456 g/mol. The normalized spacial score (nSPS) is 14.4. The minimum Gasteiger partial charge on any atom is -0.486 e. The standard InChI is InChI=1S/C20H20Cl2FN3O3.ClH/c21-16-9-14(11-24-25-19(27)12-26-5-7-28-8-6-26)10-17(22)20(16)29-13-15-3-1-2-4-18(15)23;/h1-4,9-11H,5-8,12-13H2,(H,25,27);1H. The summed E-state index contributed by atoms with van der Waals surface area (Å²) in [5.41, 5.74) is 3.46. The van der Waals surface area contributed by atoms with Crippen LogP contribution in [-0.2, 0) is 16.1 Å². The zero-order valence-electron chi connectivity index (χ0n) is 15.9. The fourth-order valence-electron chi connectivity index (χ4n) is 2.73. The molecule has 0 radical (unpaired) electrons. The first-order valence-electron chi connectivity index (χ1n) is 9.00. The van der Waals surface area contributed by atoms with Gasteiger partial charge in [0, 0.05) is 18.7 Å². The van der Waals surface area contributed by atoms with Crippen molar-refractivity contribution in [2.45, 2.75) is 6.61 Å². The minimum absolute atomic E-state index is 0. The SMILES string of the molecule is Cl.O=C(CN1CCOCC1)NN=Cc1cc(Cl)c(OCc2ccccc2F)c(Cl)c1. The summed E-state index contributed by atoms with van der Waals surface area (Å²) in [6.07, 6.45) is 1.44. The lowest BCUT2D eigenvalue weighted by Crippen LogP contribution is -2.42. The summed E-state index contributed by atoms with van der Waals surface area (Å²) in [7, 11) is 0. The van der Waals surface area contributed by atoms with E-state index in [9.17, 15) is 9.18 Å². The summed E-state index contributed by atoms with van der Waals surface area (Å²) >= 11 is 12.5. The summed E-state index contributed by atoms with van der Waals surface area (Å²) in [5.74, 6) is -0.327. The van der Waals surface area contributed by atoms with Crippen LogP contribution in [0, 0.1) is 5.82 Å². The molecule has 1 aliphatic heterocycles. The quantitative estimate of drug-likeness (QED) is 0.486. The van der Waals surface area contributed by atoms with Gasteiger partial charge in [-0.25, -0.2) is 9.82 Å². The van der Waals surface area contributed by atoms with Crippen LogP contribution in [0.5, 0.6) is 5.75 Å². The third-order valence-corrected chi connectivity index (χ3v) is 4.79. The van der Waals surface area contributed by atoms with Crippen LogP contribution in [0.4, 0.5) is 4.39 Å². The molecule has 0 unspecified atom stereocenters. The second kappa shape index (κ2) is 12.1. The van der Waals surface area contributed by atoms with Crippen LogP contribution >= 0.6 is 35.6 Å². The van der Waals surface area contributed by atoms with Crippen molar-refractivity contribution in [3.63, 3.8) is 0 Å². The van der Waals surface area contributed by atoms with Crippen LogP contribution in [0.2, 0.25) is 10.0 Å². The fraction of sp³-hybridized carbons (Fsp3) is 0.300. The van der Waals surface area contributed by atoms with Crippen molar-refractivity contribution in [2.24, 2.45) is 5.10 Å². The molecule has 10 heteroatoms. The zero-order chi connectivity index (χ0) is 20.6. The number of nitrogens with one attached hydrogen (secondary N) is 1. The van der Waals surface area contributed by atoms with E-state index in [4.69, 9.17) is 32.7 Å². The van der Waals surface area contributed by atoms with Crippen molar-refractivity contribution in [3.8, 4) is 5.75 Å². The van der Waals surface area contributed by atoms with Gasteiger partial charge in [0.1, 0.15) is 12.4 Å². The number of hydrogen-bond donors (Lipinski definition) is 1. The van der Waals surface area contributed by atoms with E-state index in [1.54, 1.807) is 30.3 Å². The van der Waals surface area contributed by atoms with Crippen molar-refractivity contribution in [1.82, 2.24) is 10.3 Å². The molecule has 0 saturated carbocycles. The highest BCUT2D eigenvalue weighted by Crippen LogP contribution is 2.34. The van der Waals surface area contributed by atoms with E-state index in [1.165, 1.54) is 12.3 Å². The molecule has 0 spiro atoms. The van der Waals surface area contributed by atoms with Gasteiger partial charge in [0.15, 0.2) is 5.75 Å². The summed E-state index contributed by atoms with van der Waals surface area (Å²) in [6.45, 7) is 2.94. The molecule has 0 aromatic heterocycles. The predicted molar refractivity (Wildman–Crippen MR) is 117 cm³/mol. The first-order chi connectivity index (χ1) is 14.0. The van der Waals surface area contributed by atoms with Crippen LogP contribution in [0.3, 0.4) is 0 Å². The highest BCUT2D eigenvalue weighted by molar-refractivity contribution is 6.37. The number of carbonyl (C=O) groups excluding carboxylic acids is 1. The molecule has 6 nitrogen and oxygen atoms in total. The maximum absolute atomic E-state index is 13.7. The molecule has 162 valence electrons. The largest absolute Gasteiger partial charge is 0.486 e. The van der Waals surface area contributed by atoms with Gasteiger partial charge in [-0.1, -0.05) is 41.4 Å². The number of nitrogens with zero attached hydrogens (tertiary/aromatic N) is 2. The number of amides is 1. The van der Waals surface area contributed by atoms with Gasteiger partial charge < -0.3 is 9.47 Å². The fourth-order valence-corrected chi connectivity index (χ4v) is 3.35. The Bertz CT molecular complexity index is 870. The molecule has 0 atom stereocenters. The summed E-state index contributed by atoms with van der Waals surface area (Å²) < 4.78 is 24.5. The van der Waals surface area contributed by atoms with Gasteiger partial charge >= 0.3 is 0 Å². The topological polar surface area (TPSA) is 63.2 Å². The Labute approximate surface area is 190 Å². The first-order valence-corrected chi connectivity index (χ1v) is 9.76. The second-order valence-electron chi connectivity index (χ2n) is 6.38. The van der Waals surface area contributed by atoms with E-state index in [0.29, 0.717) is 24.3 Å². The molecular formula is C20H21Cl3FN3O3. The zero-order valence-corrected chi connectivity index (χ0v) is 18.3. The minimum atomic E-state index is -0.365. The lowest BCUT2D eigenvalue weighted by Gasteiger charge is -2.25. The second-order valence-corrected chi connectivity index (χ2v) is 7.19. The summed E-state index contributed by atoms with van der Waals surface area (Å²) in [6, 6.07) is 9.50. The molecule has 2 aromatic carbocycles. The third-order valence-electron chi connectivity index (χ3n) is 4.22. The maximum Gasteiger partial charge on any atom is 0.254 e. The highest BCUT2D eigenvalue weighted by Gasteiger charge is 2.14. The van der Waals surface area contributed by atoms with E-state index in [-0.39, 0.29) is 53.1 Å². The van der Waals surface area contributed by atoms with Crippen molar-refractivity contribution in [1.29, 1.82) is 0 Å². The lowest BCUT2D eigenvalue weighted by atomic mass is 10.2. The van der Waals surface area contributed by atoms with E-state index < -0.39 is 0 Å². The molecule has 1 saturated heterocycles.